The molecular formula is C11H12BrNO5S. The van der Waals surface area contributed by atoms with E-state index < -0.39 is 22.3 Å². The Morgan fingerprint density at radius 1 is 1.37 bits per heavy atom. The van der Waals surface area contributed by atoms with Crippen molar-refractivity contribution in [1.82, 2.24) is 4.90 Å². The Kier molecular flexibility index (Phi) is 4.12. The lowest BCUT2D eigenvalue weighted by molar-refractivity contribution is 0.146. The molecule has 1 atom stereocenters. The van der Waals surface area contributed by atoms with Gasteiger partial charge in [-0.15, -0.1) is 0 Å². The van der Waals surface area contributed by atoms with E-state index >= 15 is 0 Å². The monoisotopic (exact) mass is 349 g/mol. The summed E-state index contributed by atoms with van der Waals surface area (Å²) in [5.74, 6) is 0. The van der Waals surface area contributed by atoms with Crippen molar-refractivity contribution in [2.24, 2.45) is 0 Å². The Morgan fingerprint density at radius 2 is 2.00 bits per heavy atom. The second kappa shape index (κ2) is 5.48. The molecule has 19 heavy (non-hydrogen) atoms. The van der Waals surface area contributed by atoms with Crippen LogP contribution in [0.1, 0.15) is 6.42 Å². The van der Waals surface area contributed by atoms with E-state index in [4.69, 9.17) is 9.29 Å². The highest BCUT2D eigenvalue weighted by molar-refractivity contribution is 9.10. The molecule has 0 bridgehead atoms. The summed E-state index contributed by atoms with van der Waals surface area (Å²) in [5.41, 5.74) is 0. The molecule has 1 aromatic carbocycles. The van der Waals surface area contributed by atoms with Crippen LogP contribution in [-0.2, 0) is 14.3 Å². The van der Waals surface area contributed by atoms with E-state index in [0.29, 0.717) is 6.42 Å². The smallest absolute Gasteiger partial charge is 0.407 e. The number of halogens is 1. The third-order valence-corrected chi connectivity index (χ3v) is 4.68. The van der Waals surface area contributed by atoms with Gasteiger partial charge in [-0.3, -0.25) is 4.18 Å². The van der Waals surface area contributed by atoms with E-state index in [0.717, 1.165) is 9.37 Å². The summed E-state index contributed by atoms with van der Waals surface area (Å²) in [7, 11) is -3.85. The molecule has 1 unspecified atom stereocenters. The zero-order valence-corrected chi connectivity index (χ0v) is 12.2. The number of nitrogens with zero attached hydrogens (tertiary/aromatic N) is 1. The number of carboxylic acid groups (broad SMARTS) is 1. The number of hydrogen-bond donors (Lipinski definition) is 1. The molecule has 2 rings (SSSR count). The fourth-order valence-corrected chi connectivity index (χ4v) is 3.18. The average molecular weight is 350 g/mol. The van der Waals surface area contributed by atoms with Crippen LogP contribution < -0.4 is 0 Å². The summed E-state index contributed by atoms with van der Waals surface area (Å²) in [4.78, 5) is 11.9. The molecule has 8 heteroatoms. The van der Waals surface area contributed by atoms with Crippen LogP contribution in [-0.4, -0.2) is 43.7 Å². The Hall–Kier alpha value is -1.12. The van der Waals surface area contributed by atoms with Gasteiger partial charge in [-0.2, -0.15) is 8.42 Å². The van der Waals surface area contributed by atoms with E-state index in [9.17, 15) is 13.2 Å². The van der Waals surface area contributed by atoms with Crippen LogP contribution >= 0.6 is 15.9 Å². The van der Waals surface area contributed by atoms with Crippen LogP contribution in [0.5, 0.6) is 0 Å². The van der Waals surface area contributed by atoms with Crippen LogP contribution in [0.3, 0.4) is 0 Å². The van der Waals surface area contributed by atoms with Gasteiger partial charge in [0, 0.05) is 11.0 Å². The molecule has 1 aliphatic heterocycles. The van der Waals surface area contributed by atoms with Crippen molar-refractivity contribution >= 4 is 32.1 Å². The quantitative estimate of drug-likeness (QED) is 0.842. The second-order valence-electron chi connectivity index (χ2n) is 4.14. The SMILES string of the molecule is O=C(O)N1CCC(OS(=O)(=O)c2ccc(Br)cc2)C1. The zero-order valence-electron chi connectivity index (χ0n) is 9.82. The fraction of sp³-hybridized carbons (Fsp3) is 0.364. The minimum absolute atomic E-state index is 0.0597. The number of hydrogen-bond acceptors (Lipinski definition) is 4. The molecule has 1 heterocycles. The first-order valence-electron chi connectivity index (χ1n) is 5.55. The van der Waals surface area contributed by atoms with Gasteiger partial charge in [0.15, 0.2) is 0 Å². The van der Waals surface area contributed by atoms with Gasteiger partial charge in [0.2, 0.25) is 0 Å². The normalized spacial score (nSPS) is 19.6. The number of carbonyl (C=O) groups is 1. The Labute approximate surface area is 119 Å². The Balaban J connectivity index is 2.06. The van der Waals surface area contributed by atoms with E-state index in [2.05, 4.69) is 15.9 Å². The lowest BCUT2D eigenvalue weighted by Crippen LogP contribution is -2.29. The fourth-order valence-electron chi connectivity index (χ4n) is 1.82. The highest BCUT2D eigenvalue weighted by Crippen LogP contribution is 2.21. The Bertz CT molecular complexity index is 571. The van der Waals surface area contributed by atoms with Gasteiger partial charge < -0.3 is 10.0 Å². The highest BCUT2D eigenvalue weighted by Gasteiger charge is 2.31. The van der Waals surface area contributed by atoms with Crippen LogP contribution in [0, 0.1) is 0 Å². The lowest BCUT2D eigenvalue weighted by Gasteiger charge is -2.13. The maximum absolute atomic E-state index is 12.0. The average Bonchev–Trinajstić information content (AvgIpc) is 2.77. The first kappa shape index (κ1) is 14.3. The van der Waals surface area contributed by atoms with E-state index in [1.165, 1.54) is 12.1 Å². The molecule has 104 valence electrons. The molecular weight excluding hydrogens is 338 g/mol. The van der Waals surface area contributed by atoms with Crippen molar-refractivity contribution in [3.05, 3.63) is 28.7 Å². The summed E-state index contributed by atoms with van der Waals surface area (Å²) in [5, 5.41) is 8.79. The van der Waals surface area contributed by atoms with Crippen molar-refractivity contribution < 1.29 is 22.5 Å². The number of benzene rings is 1. The molecule has 1 N–H and O–H groups in total. The van der Waals surface area contributed by atoms with Gasteiger partial charge in [-0.25, -0.2) is 4.79 Å². The van der Waals surface area contributed by atoms with Crippen molar-refractivity contribution in [3.63, 3.8) is 0 Å². The van der Waals surface area contributed by atoms with Gasteiger partial charge >= 0.3 is 6.09 Å². The third-order valence-electron chi connectivity index (χ3n) is 2.78. The van der Waals surface area contributed by atoms with Gasteiger partial charge in [-0.1, -0.05) is 15.9 Å². The van der Waals surface area contributed by atoms with Crippen molar-refractivity contribution in [2.75, 3.05) is 13.1 Å². The molecule has 0 radical (unpaired) electrons. The van der Waals surface area contributed by atoms with Gasteiger partial charge in [0.1, 0.15) is 0 Å². The Morgan fingerprint density at radius 3 is 2.53 bits per heavy atom. The van der Waals surface area contributed by atoms with Crippen molar-refractivity contribution in [3.8, 4) is 0 Å². The van der Waals surface area contributed by atoms with Gasteiger partial charge in [0.25, 0.3) is 10.1 Å². The predicted octanol–water partition coefficient (Wildman–Crippen LogP) is 1.91. The molecule has 0 saturated carbocycles. The van der Waals surface area contributed by atoms with Crippen LogP contribution in [0.15, 0.2) is 33.6 Å². The molecule has 6 nitrogen and oxygen atoms in total. The summed E-state index contributed by atoms with van der Waals surface area (Å²) < 4.78 is 29.8. The zero-order chi connectivity index (χ0) is 14.0. The maximum atomic E-state index is 12.0. The van der Waals surface area contributed by atoms with Crippen LogP contribution in [0.2, 0.25) is 0 Å². The third kappa shape index (κ3) is 3.46. The van der Waals surface area contributed by atoms with Crippen LogP contribution in [0.4, 0.5) is 4.79 Å². The van der Waals surface area contributed by atoms with Crippen LogP contribution in [0.25, 0.3) is 0 Å². The van der Waals surface area contributed by atoms with Gasteiger partial charge in [0.05, 0.1) is 17.5 Å². The molecule has 1 saturated heterocycles. The molecule has 1 fully saturated rings. The largest absolute Gasteiger partial charge is 0.465 e. The summed E-state index contributed by atoms with van der Waals surface area (Å²) >= 11 is 3.22. The summed E-state index contributed by atoms with van der Waals surface area (Å²) in [6, 6.07) is 6.08. The molecule has 1 aromatic rings. The minimum Gasteiger partial charge on any atom is -0.465 e. The van der Waals surface area contributed by atoms with Crippen molar-refractivity contribution in [2.45, 2.75) is 17.4 Å². The van der Waals surface area contributed by atoms with E-state index in [-0.39, 0.29) is 18.0 Å². The van der Waals surface area contributed by atoms with E-state index in [1.54, 1.807) is 12.1 Å². The number of amides is 1. The highest BCUT2D eigenvalue weighted by atomic mass is 79.9. The lowest BCUT2D eigenvalue weighted by atomic mass is 10.3. The summed E-state index contributed by atoms with van der Waals surface area (Å²) in [6.07, 6.45) is -1.31. The number of likely N-dealkylation sites (tertiary alicyclic amines) is 1. The molecule has 0 aromatic heterocycles. The van der Waals surface area contributed by atoms with Crippen molar-refractivity contribution in [1.29, 1.82) is 0 Å². The second-order valence-corrected chi connectivity index (χ2v) is 6.63. The molecule has 0 spiro atoms. The topological polar surface area (TPSA) is 83.9 Å². The first-order chi connectivity index (χ1) is 8.88. The van der Waals surface area contributed by atoms with E-state index in [1.807, 2.05) is 0 Å². The number of rotatable bonds is 3. The maximum Gasteiger partial charge on any atom is 0.407 e. The summed E-state index contributed by atoms with van der Waals surface area (Å²) in [6.45, 7) is 0.362. The first-order valence-corrected chi connectivity index (χ1v) is 7.75. The standard InChI is InChI=1S/C11H12BrNO5S/c12-8-1-3-10(4-2-8)19(16,17)18-9-5-6-13(7-9)11(14)15/h1-4,9H,5-7H2,(H,14,15). The molecule has 1 aliphatic rings. The minimum atomic E-state index is -3.85. The molecule has 1 amide bonds. The van der Waals surface area contributed by atoms with Gasteiger partial charge in [-0.05, 0) is 30.7 Å². The predicted molar refractivity (Wildman–Crippen MR) is 70.4 cm³/mol. The molecule has 0 aliphatic carbocycles.